The molecule has 1 heterocycles. The number of aliphatic hydroxyl groups excluding tert-OH is 1. The highest BCUT2D eigenvalue weighted by Crippen LogP contribution is 2.45. The number of aliphatic hydroxyl groups is 1. The maximum absolute atomic E-state index is 11.5. The van der Waals surface area contributed by atoms with Gasteiger partial charge in [-0.25, -0.2) is 0 Å². The summed E-state index contributed by atoms with van der Waals surface area (Å²) in [5.41, 5.74) is 6.92. The van der Waals surface area contributed by atoms with Crippen LogP contribution in [-0.4, -0.2) is 17.0 Å². The highest BCUT2D eigenvalue weighted by molar-refractivity contribution is 9.12. The first-order valence-corrected chi connectivity index (χ1v) is 5.90. The molecule has 2 rings (SSSR count). The molecule has 0 saturated carbocycles. The predicted molar refractivity (Wildman–Crippen MR) is 57.0 cm³/mol. The molecule has 0 aromatic carbocycles. The highest BCUT2D eigenvalue weighted by Gasteiger charge is 2.40. The lowest BCUT2D eigenvalue weighted by atomic mass is 10.2. The SMILES string of the molecule is N[C@H]1c2c(Br)sc(Br)c2C(=O)[C@H]1O. The van der Waals surface area contributed by atoms with Gasteiger partial charge in [-0.1, -0.05) is 0 Å². The molecular formula is C7H5Br2NO2S. The monoisotopic (exact) mass is 325 g/mol. The Morgan fingerprint density at radius 1 is 1.38 bits per heavy atom. The molecule has 70 valence electrons. The second-order valence-electron chi connectivity index (χ2n) is 2.77. The molecule has 3 nitrogen and oxygen atoms in total. The molecule has 1 aromatic heterocycles. The van der Waals surface area contributed by atoms with Gasteiger partial charge >= 0.3 is 0 Å². The molecule has 0 fully saturated rings. The first-order chi connectivity index (χ1) is 6.04. The van der Waals surface area contributed by atoms with Gasteiger partial charge in [0.15, 0.2) is 5.78 Å². The number of ketones is 1. The fraction of sp³-hybridized carbons (Fsp3) is 0.286. The fourth-order valence-electron chi connectivity index (χ4n) is 1.38. The standard InChI is InChI=1S/C7H5Br2NO2S/c8-6-1-2(7(9)13-6)4(11)5(12)3(1)10/h3,5,12H,10H2/t3-,5-/m0/s1. The Balaban J connectivity index is 2.68. The van der Waals surface area contributed by atoms with E-state index in [0.717, 1.165) is 13.1 Å². The number of hydrogen-bond donors (Lipinski definition) is 2. The Bertz CT molecular complexity index is 390. The van der Waals surface area contributed by atoms with Gasteiger partial charge in [0.05, 0.1) is 19.2 Å². The van der Waals surface area contributed by atoms with E-state index in [2.05, 4.69) is 31.9 Å². The van der Waals surface area contributed by atoms with Gasteiger partial charge < -0.3 is 10.8 Å². The van der Waals surface area contributed by atoms with Crippen molar-refractivity contribution in [2.24, 2.45) is 5.73 Å². The maximum Gasteiger partial charge on any atom is 0.195 e. The number of Topliss-reactive ketones (excluding diaryl/α,β-unsaturated/α-hetero) is 1. The van der Waals surface area contributed by atoms with E-state index in [4.69, 9.17) is 5.73 Å². The van der Waals surface area contributed by atoms with Gasteiger partial charge in [0, 0.05) is 5.56 Å². The van der Waals surface area contributed by atoms with Crippen LogP contribution < -0.4 is 5.73 Å². The van der Waals surface area contributed by atoms with E-state index in [9.17, 15) is 9.90 Å². The summed E-state index contributed by atoms with van der Waals surface area (Å²) >= 11 is 7.98. The van der Waals surface area contributed by atoms with E-state index in [0.29, 0.717) is 5.56 Å². The number of carbonyl (C=O) groups is 1. The third-order valence-corrected chi connectivity index (χ3v) is 4.62. The van der Waals surface area contributed by atoms with Crippen molar-refractivity contribution in [3.8, 4) is 0 Å². The molecule has 1 aromatic rings. The minimum atomic E-state index is -1.09. The fourth-order valence-corrected chi connectivity index (χ4v) is 4.70. The van der Waals surface area contributed by atoms with Crippen LogP contribution in [0.5, 0.6) is 0 Å². The van der Waals surface area contributed by atoms with Crippen molar-refractivity contribution in [1.82, 2.24) is 0 Å². The van der Waals surface area contributed by atoms with Crippen LogP contribution in [0.4, 0.5) is 0 Å². The Morgan fingerprint density at radius 2 is 2.00 bits per heavy atom. The summed E-state index contributed by atoms with van der Waals surface area (Å²) in [6.07, 6.45) is -1.09. The Kier molecular flexibility index (Phi) is 2.36. The molecule has 0 bridgehead atoms. The van der Waals surface area contributed by atoms with E-state index in [1.165, 1.54) is 11.3 Å². The average Bonchev–Trinajstić information content (AvgIpc) is 2.47. The first-order valence-electron chi connectivity index (χ1n) is 3.49. The summed E-state index contributed by atoms with van der Waals surface area (Å²) in [6, 6.07) is -0.598. The molecule has 0 saturated heterocycles. The van der Waals surface area contributed by atoms with E-state index in [1.807, 2.05) is 0 Å². The zero-order valence-corrected chi connectivity index (χ0v) is 10.2. The molecule has 0 radical (unpaired) electrons. The molecule has 3 N–H and O–H groups in total. The van der Waals surface area contributed by atoms with E-state index in [-0.39, 0.29) is 5.78 Å². The van der Waals surface area contributed by atoms with Crippen LogP contribution in [-0.2, 0) is 0 Å². The van der Waals surface area contributed by atoms with Crippen LogP contribution in [0.3, 0.4) is 0 Å². The second kappa shape index (κ2) is 3.13. The van der Waals surface area contributed by atoms with Gasteiger partial charge in [-0.05, 0) is 31.9 Å². The van der Waals surface area contributed by atoms with Crippen LogP contribution >= 0.6 is 43.2 Å². The van der Waals surface area contributed by atoms with Gasteiger partial charge in [0.25, 0.3) is 0 Å². The van der Waals surface area contributed by atoms with Crippen molar-refractivity contribution in [3.05, 3.63) is 18.7 Å². The number of thiophene rings is 1. The smallest absolute Gasteiger partial charge is 0.195 e. The van der Waals surface area contributed by atoms with Crippen LogP contribution in [0.1, 0.15) is 22.0 Å². The van der Waals surface area contributed by atoms with E-state index in [1.54, 1.807) is 0 Å². The van der Waals surface area contributed by atoms with Crippen molar-refractivity contribution in [3.63, 3.8) is 0 Å². The third-order valence-electron chi connectivity index (χ3n) is 2.05. The van der Waals surface area contributed by atoms with Crippen molar-refractivity contribution in [1.29, 1.82) is 0 Å². The van der Waals surface area contributed by atoms with Crippen LogP contribution in [0.2, 0.25) is 0 Å². The average molecular weight is 327 g/mol. The van der Waals surface area contributed by atoms with Crippen LogP contribution in [0.15, 0.2) is 7.57 Å². The molecule has 1 aliphatic rings. The normalized spacial score (nSPS) is 26.6. The van der Waals surface area contributed by atoms with Gasteiger partial charge in [-0.3, -0.25) is 4.79 Å². The van der Waals surface area contributed by atoms with Crippen LogP contribution in [0, 0.1) is 0 Å². The van der Waals surface area contributed by atoms with E-state index < -0.39 is 12.1 Å². The summed E-state index contributed by atoms with van der Waals surface area (Å²) in [6.45, 7) is 0. The first kappa shape index (κ1) is 9.79. The Labute approximate surface area is 95.2 Å². The summed E-state index contributed by atoms with van der Waals surface area (Å²) in [4.78, 5) is 11.5. The van der Waals surface area contributed by atoms with Crippen molar-refractivity contribution in [2.75, 3.05) is 0 Å². The maximum atomic E-state index is 11.5. The van der Waals surface area contributed by atoms with E-state index >= 15 is 0 Å². The second-order valence-corrected chi connectivity index (χ2v) is 6.43. The number of fused-ring (bicyclic) bond motifs is 1. The quantitative estimate of drug-likeness (QED) is 0.764. The topological polar surface area (TPSA) is 63.3 Å². The lowest BCUT2D eigenvalue weighted by Gasteiger charge is -2.07. The van der Waals surface area contributed by atoms with Crippen molar-refractivity contribution >= 4 is 49.0 Å². The van der Waals surface area contributed by atoms with Gasteiger partial charge in [0.1, 0.15) is 6.10 Å². The highest BCUT2D eigenvalue weighted by atomic mass is 79.9. The zero-order chi connectivity index (χ0) is 9.75. The molecular weight excluding hydrogens is 322 g/mol. The zero-order valence-electron chi connectivity index (χ0n) is 6.25. The summed E-state index contributed by atoms with van der Waals surface area (Å²) in [5.74, 6) is -0.295. The van der Waals surface area contributed by atoms with Crippen molar-refractivity contribution in [2.45, 2.75) is 12.1 Å². The summed E-state index contributed by atoms with van der Waals surface area (Å²) < 4.78 is 1.54. The number of carbonyl (C=O) groups excluding carboxylic acids is 1. The largest absolute Gasteiger partial charge is 0.383 e. The van der Waals surface area contributed by atoms with Gasteiger partial charge in [-0.2, -0.15) is 0 Å². The number of hydrogen-bond acceptors (Lipinski definition) is 4. The molecule has 0 spiro atoms. The molecule has 0 unspecified atom stereocenters. The third kappa shape index (κ3) is 1.24. The molecule has 0 amide bonds. The minimum absolute atomic E-state index is 0.295. The lowest BCUT2D eigenvalue weighted by molar-refractivity contribution is 0.0735. The molecule has 1 aliphatic carbocycles. The predicted octanol–water partition coefficient (Wildman–Crippen LogP) is 1.83. The van der Waals surface area contributed by atoms with Gasteiger partial charge in [0.2, 0.25) is 0 Å². The van der Waals surface area contributed by atoms with Crippen molar-refractivity contribution < 1.29 is 9.90 Å². The summed E-state index contributed by atoms with van der Waals surface area (Å²) in [5, 5.41) is 9.41. The Hall–Kier alpha value is 0.250. The van der Waals surface area contributed by atoms with Crippen LogP contribution in [0.25, 0.3) is 0 Å². The molecule has 6 heteroatoms. The number of halogens is 2. The summed E-state index contributed by atoms with van der Waals surface area (Å²) in [7, 11) is 0. The Morgan fingerprint density at radius 3 is 2.54 bits per heavy atom. The number of rotatable bonds is 0. The molecule has 13 heavy (non-hydrogen) atoms. The molecule has 0 aliphatic heterocycles. The molecule has 2 atom stereocenters. The number of nitrogens with two attached hydrogens (primary N) is 1. The van der Waals surface area contributed by atoms with Gasteiger partial charge in [-0.15, -0.1) is 11.3 Å². The lowest BCUT2D eigenvalue weighted by Crippen LogP contribution is -2.25. The minimum Gasteiger partial charge on any atom is -0.383 e.